The monoisotopic (exact) mass is 258 g/mol. The van der Waals surface area contributed by atoms with E-state index in [2.05, 4.69) is 11.4 Å². The van der Waals surface area contributed by atoms with Crippen LogP contribution in [0.5, 0.6) is 0 Å². The molecule has 5 heteroatoms. The van der Waals surface area contributed by atoms with Gasteiger partial charge in [0, 0.05) is 6.54 Å². The van der Waals surface area contributed by atoms with Crippen LogP contribution in [0.2, 0.25) is 0 Å². The molecule has 90 valence electrons. The van der Waals surface area contributed by atoms with Gasteiger partial charge in [-0.05, 0) is 29.1 Å². The molecular weight excluding hydrogens is 248 g/mol. The highest BCUT2D eigenvalue weighted by atomic mass is 32.1. The summed E-state index contributed by atoms with van der Waals surface area (Å²) in [5.74, 6) is -0.921. The van der Waals surface area contributed by atoms with Crippen LogP contribution in [0.25, 0.3) is 0 Å². The van der Waals surface area contributed by atoms with Crippen molar-refractivity contribution in [3.05, 3.63) is 51.7 Å². The predicted molar refractivity (Wildman–Crippen MR) is 69.8 cm³/mol. The summed E-state index contributed by atoms with van der Waals surface area (Å²) in [5, 5.41) is 22.7. The smallest absolute Gasteiger partial charge is 0.346 e. The highest BCUT2D eigenvalue weighted by molar-refractivity contribution is 7.12. The third-order valence-electron chi connectivity index (χ3n) is 2.46. The molecule has 0 spiro atoms. The average molecular weight is 258 g/mol. The molecule has 0 amide bonds. The Labute approximate surface area is 108 Å². The average Bonchev–Trinajstić information content (AvgIpc) is 2.85. The van der Waals surface area contributed by atoms with Crippen molar-refractivity contribution in [2.75, 3.05) is 5.32 Å². The van der Waals surface area contributed by atoms with Gasteiger partial charge in [-0.3, -0.25) is 0 Å². The minimum absolute atomic E-state index is 0.330. The van der Waals surface area contributed by atoms with Gasteiger partial charge >= 0.3 is 5.97 Å². The minimum atomic E-state index is -0.921. The fraction of sp³-hybridized carbons (Fsp3) is 0.0769. The van der Waals surface area contributed by atoms with Crippen LogP contribution in [0.4, 0.5) is 5.69 Å². The van der Waals surface area contributed by atoms with Crippen molar-refractivity contribution in [2.45, 2.75) is 6.54 Å². The zero-order chi connectivity index (χ0) is 13.0. The highest BCUT2D eigenvalue weighted by Crippen LogP contribution is 2.20. The second-order valence-electron chi connectivity index (χ2n) is 3.59. The van der Waals surface area contributed by atoms with Crippen LogP contribution >= 0.6 is 11.3 Å². The number of aromatic carboxylic acids is 1. The van der Waals surface area contributed by atoms with Gasteiger partial charge in [0.25, 0.3) is 0 Å². The highest BCUT2D eigenvalue weighted by Gasteiger charge is 2.11. The maximum absolute atomic E-state index is 10.9. The Balaban J connectivity index is 2.15. The summed E-state index contributed by atoms with van der Waals surface area (Å²) in [6.07, 6.45) is 0. The molecule has 0 fully saturated rings. The summed E-state index contributed by atoms with van der Waals surface area (Å²) in [6.45, 7) is 0.393. The van der Waals surface area contributed by atoms with Gasteiger partial charge in [0.05, 0.1) is 11.3 Å². The molecule has 0 unspecified atom stereocenters. The molecule has 1 heterocycles. The van der Waals surface area contributed by atoms with Crippen LogP contribution in [0, 0.1) is 11.3 Å². The number of nitriles is 1. The topological polar surface area (TPSA) is 73.1 Å². The fourth-order valence-electron chi connectivity index (χ4n) is 1.59. The Hall–Kier alpha value is -2.32. The Morgan fingerprint density at radius 3 is 2.89 bits per heavy atom. The molecule has 0 aliphatic rings. The second-order valence-corrected chi connectivity index (χ2v) is 4.51. The molecule has 0 radical (unpaired) electrons. The first kappa shape index (κ1) is 12.1. The number of thiophene rings is 1. The molecular formula is C13H10N2O2S. The number of carboxylic acids is 1. The molecule has 18 heavy (non-hydrogen) atoms. The minimum Gasteiger partial charge on any atom is -0.477 e. The molecule has 2 N–H and O–H groups in total. The van der Waals surface area contributed by atoms with Gasteiger partial charge in [0.2, 0.25) is 0 Å². The van der Waals surface area contributed by atoms with E-state index in [1.165, 1.54) is 11.3 Å². The molecule has 0 bridgehead atoms. The maximum Gasteiger partial charge on any atom is 0.346 e. The van der Waals surface area contributed by atoms with E-state index in [0.29, 0.717) is 22.7 Å². The summed E-state index contributed by atoms with van der Waals surface area (Å²) in [5.41, 5.74) is 1.98. The quantitative estimate of drug-likeness (QED) is 0.884. The van der Waals surface area contributed by atoms with E-state index in [1.54, 1.807) is 29.6 Å². The van der Waals surface area contributed by atoms with Crippen molar-refractivity contribution < 1.29 is 9.90 Å². The Morgan fingerprint density at radius 2 is 2.17 bits per heavy atom. The molecule has 4 nitrogen and oxygen atoms in total. The zero-order valence-electron chi connectivity index (χ0n) is 9.38. The van der Waals surface area contributed by atoms with Gasteiger partial charge in [-0.15, -0.1) is 11.3 Å². The number of nitrogens with one attached hydrogen (secondary N) is 1. The molecule has 0 aliphatic heterocycles. The lowest BCUT2D eigenvalue weighted by Crippen LogP contribution is -2.04. The van der Waals surface area contributed by atoms with Crippen LogP contribution in [0.15, 0.2) is 35.7 Å². The molecule has 0 aliphatic carbocycles. The summed E-state index contributed by atoms with van der Waals surface area (Å²) >= 11 is 1.20. The van der Waals surface area contributed by atoms with Crippen molar-refractivity contribution in [3.8, 4) is 6.07 Å². The number of hydrogen-bond donors (Lipinski definition) is 2. The summed E-state index contributed by atoms with van der Waals surface area (Å²) in [7, 11) is 0. The number of anilines is 1. The lowest BCUT2D eigenvalue weighted by atomic mass is 10.2. The molecule has 2 rings (SSSR count). The van der Waals surface area contributed by atoms with Crippen molar-refractivity contribution in [1.29, 1.82) is 5.26 Å². The van der Waals surface area contributed by atoms with Crippen LogP contribution < -0.4 is 5.32 Å². The Kier molecular flexibility index (Phi) is 3.60. The molecule has 0 saturated carbocycles. The maximum atomic E-state index is 10.9. The van der Waals surface area contributed by atoms with Gasteiger partial charge in [0.1, 0.15) is 10.9 Å². The van der Waals surface area contributed by atoms with Crippen molar-refractivity contribution in [3.63, 3.8) is 0 Å². The number of rotatable bonds is 4. The van der Waals surface area contributed by atoms with Crippen LogP contribution in [0.3, 0.4) is 0 Å². The number of carbonyl (C=O) groups is 1. The SMILES string of the molecule is N#Cc1ccccc1NCc1ccsc1C(=O)O. The van der Waals surface area contributed by atoms with E-state index in [0.717, 1.165) is 5.56 Å². The van der Waals surface area contributed by atoms with E-state index >= 15 is 0 Å². The normalized spacial score (nSPS) is 9.72. The van der Waals surface area contributed by atoms with Gasteiger partial charge in [-0.25, -0.2) is 4.79 Å². The summed E-state index contributed by atoms with van der Waals surface area (Å²) in [6, 6.07) is 11.0. The first-order valence-corrected chi connectivity index (χ1v) is 6.13. The standard InChI is InChI=1S/C13H10N2O2S/c14-7-9-3-1-2-4-11(9)15-8-10-5-6-18-12(10)13(16)17/h1-6,15H,8H2,(H,16,17). The predicted octanol–water partition coefficient (Wildman–Crippen LogP) is 2.93. The van der Waals surface area contributed by atoms with E-state index in [4.69, 9.17) is 10.4 Å². The van der Waals surface area contributed by atoms with Crippen molar-refractivity contribution in [1.82, 2.24) is 0 Å². The van der Waals surface area contributed by atoms with E-state index in [1.807, 2.05) is 6.07 Å². The fourth-order valence-corrected chi connectivity index (χ4v) is 2.35. The van der Waals surface area contributed by atoms with Crippen molar-refractivity contribution in [2.24, 2.45) is 0 Å². The largest absolute Gasteiger partial charge is 0.477 e. The number of benzene rings is 1. The van der Waals surface area contributed by atoms with Crippen LogP contribution in [-0.2, 0) is 6.54 Å². The Morgan fingerprint density at radius 1 is 1.39 bits per heavy atom. The number of hydrogen-bond acceptors (Lipinski definition) is 4. The molecule has 1 aromatic heterocycles. The Bertz CT molecular complexity index is 613. The van der Waals surface area contributed by atoms with Crippen LogP contribution in [-0.4, -0.2) is 11.1 Å². The van der Waals surface area contributed by atoms with Crippen LogP contribution in [0.1, 0.15) is 20.8 Å². The first-order chi connectivity index (χ1) is 8.72. The first-order valence-electron chi connectivity index (χ1n) is 5.25. The van der Waals surface area contributed by atoms with E-state index in [9.17, 15) is 4.79 Å². The third-order valence-corrected chi connectivity index (χ3v) is 3.40. The summed E-state index contributed by atoms with van der Waals surface area (Å²) < 4.78 is 0. The van der Waals surface area contributed by atoms with Gasteiger partial charge in [0.15, 0.2) is 0 Å². The molecule has 2 aromatic rings. The van der Waals surface area contributed by atoms with E-state index in [-0.39, 0.29) is 0 Å². The third kappa shape index (κ3) is 2.50. The zero-order valence-corrected chi connectivity index (χ0v) is 10.2. The summed E-state index contributed by atoms with van der Waals surface area (Å²) in [4.78, 5) is 11.3. The molecule has 0 saturated heterocycles. The molecule has 1 aromatic carbocycles. The lowest BCUT2D eigenvalue weighted by molar-refractivity contribution is 0.0701. The van der Waals surface area contributed by atoms with Crippen molar-refractivity contribution >= 4 is 23.0 Å². The molecule has 0 atom stereocenters. The lowest BCUT2D eigenvalue weighted by Gasteiger charge is -2.07. The number of nitrogens with zero attached hydrogens (tertiary/aromatic N) is 1. The van der Waals surface area contributed by atoms with E-state index < -0.39 is 5.97 Å². The van der Waals surface area contributed by atoms with Gasteiger partial charge in [-0.1, -0.05) is 12.1 Å². The van der Waals surface area contributed by atoms with Gasteiger partial charge in [-0.2, -0.15) is 5.26 Å². The number of para-hydroxylation sites is 1. The second kappa shape index (κ2) is 5.34. The number of carboxylic acid groups (broad SMARTS) is 1. The van der Waals surface area contributed by atoms with Gasteiger partial charge < -0.3 is 10.4 Å².